The molecule has 0 spiro atoms. The van der Waals surface area contributed by atoms with E-state index in [1.807, 2.05) is 32.7 Å². The molecule has 2 rings (SSSR count). The summed E-state index contributed by atoms with van der Waals surface area (Å²) >= 11 is 0. The molecule has 8 heteroatoms. The van der Waals surface area contributed by atoms with Crippen LogP contribution in [0.5, 0.6) is 0 Å². The SMILES string of the molecule is CN=C(NCC(C)(C)OC)N1CCC(N(CC2CC2)C(=O)OC(C)(C)C)CC1.I. The number of halogens is 1. The lowest BCUT2D eigenvalue weighted by Gasteiger charge is -2.40. The molecule has 29 heavy (non-hydrogen) atoms. The highest BCUT2D eigenvalue weighted by Crippen LogP contribution is 2.32. The van der Waals surface area contributed by atoms with E-state index in [9.17, 15) is 4.79 Å². The van der Waals surface area contributed by atoms with Gasteiger partial charge in [0, 0.05) is 46.4 Å². The second-order valence-electron chi connectivity index (χ2n) is 9.66. The molecule has 0 unspecified atom stereocenters. The van der Waals surface area contributed by atoms with Crippen LogP contribution in [0.15, 0.2) is 4.99 Å². The number of rotatable bonds is 6. The topological polar surface area (TPSA) is 66.4 Å². The van der Waals surface area contributed by atoms with Crippen LogP contribution in [0, 0.1) is 5.92 Å². The number of methoxy groups -OCH3 is 1. The number of nitrogens with one attached hydrogen (secondary N) is 1. The van der Waals surface area contributed by atoms with E-state index in [2.05, 4.69) is 29.1 Å². The molecule has 1 aliphatic heterocycles. The van der Waals surface area contributed by atoms with Crippen LogP contribution in [0.1, 0.15) is 60.3 Å². The van der Waals surface area contributed by atoms with Crippen LogP contribution in [0.2, 0.25) is 0 Å². The van der Waals surface area contributed by atoms with Crippen molar-refractivity contribution < 1.29 is 14.3 Å². The standard InChI is InChI=1S/C21H40N4O3.HI/c1-20(2,3)28-19(26)25(14-16-8-9-16)17-10-12-24(13-11-17)18(22-6)23-15-21(4,5)27-7;/h16-17H,8-15H2,1-7H3,(H,22,23);1H. The summed E-state index contributed by atoms with van der Waals surface area (Å²) in [5.74, 6) is 1.55. The molecule has 1 heterocycles. The monoisotopic (exact) mass is 524 g/mol. The predicted octanol–water partition coefficient (Wildman–Crippen LogP) is 3.72. The maximum Gasteiger partial charge on any atom is 0.410 e. The second-order valence-corrected chi connectivity index (χ2v) is 9.66. The van der Waals surface area contributed by atoms with Crippen LogP contribution in [0.4, 0.5) is 4.79 Å². The van der Waals surface area contributed by atoms with Crippen molar-refractivity contribution in [3.05, 3.63) is 0 Å². The van der Waals surface area contributed by atoms with Gasteiger partial charge in [0.25, 0.3) is 0 Å². The number of ether oxygens (including phenoxy) is 2. The fourth-order valence-electron chi connectivity index (χ4n) is 3.36. The van der Waals surface area contributed by atoms with E-state index in [0.717, 1.165) is 38.4 Å². The highest BCUT2D eigenvalue weighted by molar-refractivity contribution is 14.0. The first-order valence-corrected chi connectivity index (χ1v) is 10.5. The number of piperidine rings is 1. The number of aliphatic imine (C=N–C) groups is 1. The molecule has 0 aromatic carbocycles. The summed E-state index contributed by atoms with van der Waals surface area (Å²) in [4.78, 5) is 21.5. The molecule has 2 fully saturated rings. The summed E-state index contributed by atoms with van der Waals surface area (Å²) < 4.78 is 11.2. The van der Waals surface area contributed by atoms with Gasteiger partial charge >= 0.3 is 6.09 Å². The van der Waals surface area contributed by atoms with Crippen LogP contribution >= 0.6 is 24.0 Å². The van der Waals surface area contributed by atoms with Crippen LogP contribution in [-0.4, -0.2) is 79.4 Å². The Morgan fingerprint density at radius 2 is 1.72 bits per heavy atom. The summed E-state index contributed by atoms with van der Waals surface area (Å²) in [5, 5.41) is 3.42. The molecule has 0 aromatic rings. The Morgan fingerprint density at radius 1 is 1.14 bits per heavy atom. The molecule has 0 atom stereocenters. The molecular formula is C21H41IN4O3. The summed E-state index contributed by atoms with van der Waals surface area (Å²) in [6, 6.07) is 0.236. The van der Waals surface area contributed by atoms with E-state index >= 15 is 0 Å². The van der Waals surface area contributed by atoms with Gasteiger partial charge in [-0.1, -0.05) is 0 Å². The van der Waals surface area contributed by atoms with Gasteiger partial charge in [-0.05, 0) is 66.2 Å². The van der Waals surface area contributed by atoms with E-state index in [4.69, 9.17) is 9.47 Å². The van der Waals surface area contributed by atoms with Crippen LogP contribution in [-0.2, 0) is 9.47 Å². The van der Waals surface area contributed by atoms with Crippen molar-refractivity contribution in [2.24, 2.45) is 10.9 Å². The van der Waals surface area contributed by atoms with Crippen molar-refractivity contribution in [3.63, 3.8) is 0 Å². The Balaban J connectivity index is 0.00000420. The van der Waals surface area contributed by atoms with Gasteiger partial charge in [-0.2, -0.15) is 0 Å². The van der Waals surface area contributed by atoms with Gasteiger partial charge < -0.3 is 24.6 Å². The average molecular weight is 524 g/mol. The Hall–Kier alpha value is -0.770. The van der Waals surface area contributed by atoms with Crippen molar-refractivity contribution in [3.8, 4) is 0 Å². The van der Waals surface area contributed by atoms with Crippen molar-refractivity contribution in [2.45, 2.75) is 77.5 Å². The van der Waals surface area contributed by atoms with Gasteiger partial charge in [0.05, 0.1) is 5.60 Å². The molecule has 7 nitrogen and oxygen atoms in total. The van der Waals surface area contributed by atoms with Gasteiger partial charge in [0.1, 0.15) is 5.60 Å². The quantitative estimate of drug-likeness (QED) is 0.326. The minimum absolute atomic E-state index is 0. The Morgan fingerprint density at radius 3 is 2.17 bits per heavy atom. The van der Waals surface area contributed by atoms with Crippen LogP contribution in [0.25, 0.3) is 0 Å². The molecule has 1 saturated carbocycles. The van der Waals surface area contributed by atoms with Crippen LogP contribution < -0.4 is 5.32 Å². The van der Waals surface area contributed by atoms with Crippen molar-refractivity contribution in [2.75, 3.05) is 40.3 Å². The first-order chi connectivity index (χ1) is 13.0. The van der Waals surface area contributed by atoms with E-state index in [1.165, 1.54) is 12.8 Å². The van der Waals surface area contributed by atoms with Gasteiger partial charge in [-0.15, -0.1) is 24.0 Å². The summed E-state index contributed by atoms with van der Waals surface area (Å²) in [5.41, 5.74) is -0.703. The zero-order valence-electron chi connectivity index (χ0n) is 19.3. The molecule has 1 amide bonds. The second kappa shape index (κ2) is 11.0. The molecule has 1 aliphatic carbocycles. The Labute approximate surface area is 194 Å². The summed E-state index contributed by atoms with van der Waals surface area (Å²) in [6.07, 6.45) is 4.15. The van der Waals surface area contributed by atoms with Crippen molar-refractivity contribution in [1.82, 2.24) is 15.1 Å². The first-order valence-electron chi connectivity index (χ1n) is 10.5. The Kier molecular flexibility index (Phi) is 9.98. The smallest absolute Gasteiger partial charge is 0.410 e. The molecule has 0 bridgehead atoms. The molecule has 0 radical (unpaired) electrons. The van der Waals surface area contributed by atoms with E-state index in [1.54, 1.807) is 7.11 Å². The van der Waals surface area contributed by atoms with Crippen LogP contribution in [0.3, 0.4) is 0 Å². The van der Waals surface area contributed by atoms with Gasteiger partial charge in [-0.3, -0.25) is 4.99 Å². The number of carbonyl (C=O) groups excluding carboxylic acids is 1. The number of carbonyl (C=O) groups is 1. The lowest BCUT2D eigenvalue weighted by Crippen LogP contribution is -2.54. The van der Waals surface area contributed by atoms with E-state index < -0.39 is 5.60 Å². The number of guanidine groups is 1. The van der Waals surface area contributed by atoms with Crippen molar-refractivity contribution >= 4 is 36.0 Å². The summed E-state index contributed by atoms with van der Waals surface area (Å²) in [6.45, 7) is 13.2. The summed E-state index contributed by atoms with van der Waals surface area (Å²) in [7, 11) is 3.54. The highest BCUT2D eigenvalue weighted by Gasteiger charge is 2.35. The maximum absolute atomic E-state index is 12.8. The Bertz CT molecular complexity index is 551. The third-order valence-electron chi connectivity index (χ3n) is 5.42. The average Bonchev–Trinajstić information content (AvgIpc) is 3.43. The van der Waals surface area contributed by atoms with Gasteiger partial charge in [-0.25, -0.2) is 4.79 Å². The minimum atomic E-state index is -0.459. The fourth-order valence-corrected chi connectivity index (χ4v) is 3.36. The highest BCUT2D eigenvalue weighted by atomic mass is 127. The van der Waals surface area contributed by atoms with Crippen molar-refractivity contribution in [1.29, 1.82) is 0 Å². The van der Waals surface area contributed by atoms with E-state index in [-0.39, 0.29) is 41.7 Å². The molecular weight excluding hydrogens is 483 g/mol. The number of hydrogen-bond donors (Lipinski definition) is 1. The number of nitrogens with zero attached hydrogens (tertiary/aromatic N) is 3. The first kappa shape index (κ1) is 26.3. The number of likely N-dealkylation sites (tertiary alicyclic amines) is 1. The van der Waals surface area contributed by atoms with E-state index in [0.29, 0.717) is 12.5 Å². The fraction of sp³-hybridized carbons (Fsp3) is 0.905. The molecule has 1 saturated heterocycles. The molecule has 2 aliphatic rings. The third-order valence-corrected chi connectivity index (χ3v) is 5.42. The normalized spacial score (nSPS) is 18.9. The van der Waals surface area contributed by atoms with Gasteiger partial charge in [0.15, 0.2) is 5.96 Å². The lowest BCUT2D eigenvalue weighted by atomic mass is 10.0. The third kappa shape index (κ3) is 8.86. The zero-order chi connectivity index (χ0) is 20.9. The molecule has 1 N–H and O–H groups in total. The molecule has 0 aromatic heterocycles. The minimum Gasteiger partial charge on any atom is -0.444 e. The number of hydrogen-bond acceptors (Lipinski definition) is 4. The lowest BCUT2D eigenvalue weighted by molar-refractivity contribution is 0.00889. The predicted molar refractivity (Wildman–Crippen MR) is 128 cm³/mol. The molecule has 170 valence electrons. The largest absolute Gasteiger partial charge is 0.444 e. The maximum atomic E-state index is 12.8. The number of amides is 1. The van der Waals surface area contributed by atoms with Gasteiger partial charge in [0.2, 0.25) is 0 Å². The zero-order valence-corrected chi connectivity index (χ0v) is 21.6.